The van der Waals surface area contributed by atoms with Crippen LogP contribution in [0.2, 0.25) is 5.02 Å². The molecule has 2 N–H and O–H groups in total. The molecule has 0 bridgehead atoms. The number of aromatic nitrogens is 5. The Balaban J connectivity index is 0.000000241. The molecule has 0 aliphatic rings. The average Bonchev–Trinajstić information content (AvgIpc) is 3.83. The molecule has 0 saturated carbocycles. The fourth-order valence-electron chi connectivity index (χ4n) is 5.65. The lowest BCUT2D eigenvalue weighted by atomic mass is 9.80. The van der Waals surface area contributed by atoms with Gasteiger partial charge in [0.05, 0.1) is 23.4 Å². The minimum atomic E-state index is -4.69. The topological polar surface area (TPSA) is 107 Å². The molecule has 0 aliphatic carbocycles. The Morgan fingerprint density at radius 2 is 1.62 bits per heavy atom. The highest BCUT2D eigenvalue weighted by Crippen LogP contribution is 2.43. The van der Waals surface area contributed by atoms with E-state index in [1.54, 1.807) is 44.2 Å². The zero-order chi connectivity index (χ0) is 39.3. The number of thiophene rings is 1. The van der Waals surface area contributed by atoms with Gasteiger partial charge in [0, 0.05) is 23.1 Å². The van der Waals surface area contributed by atoms with Crippen LogP contribution in [0.1, 0.15) is 79.0 Å². The van der Waals surface area contributed by atoms with E-state index in [0.29, 0.717) is 22.4 Å². The van der Waals surface area contributed by atoms with Crippen molar-refractivity contribution in [2.45, 2.75) is 71.5 Å². The number of ether oxygens (including phenoxy) is 1. The van der Waals surface area contributed by atoms with Gasteiger partial charge in [-0.25, -0.2) is 9.67 Å². The van der Waals surface area contributed by atoms with Gasteiger partial charge in [-0.3, -0.25) is 9.48 Å². The summed E-state index contributed by atoms with van der Waals surface area (Å²) in [5.41, 5.74) is -4.13. The number of alkyl halides is 6. The van der Waals surface area contributed by atoms with Crippen molar-refractivity contribution in [1.82, 2.24) is 24.5 Å². The first-order valence-electron chi connectivity index (χ1n) is 16.4. The molecule has 0 saturated heterocycles. The van der Waals surface area contributed by atoms with Gasteiger partial charge in [-0.15, -0.1) is 11.3 Å². The Morgan fingerprint density at radius 3 is 2.19 bits per heavy atom. The molecule has 0 spiro atoms. The third kappa shape index (κ3) is 10.6. The van der Waals surface area contributed by atoms with Crippen molar-refractivity contribution in [2.75, 3.05) is 5.32 Å². The molecule has 2 unspecified atom stereocenters. The van der Waals surface area contributed by atoms with Crippen LogP contribution in [0, 0.1) is 11.8 Å². The monoisotopic (exact) mass is 784 g/mol. The third-order valence-electron chi connectivity index (χ3n) is 8.19. The van der Waals surface area contributed by atoms with Crippen molar-refractivity contribution in [2.24, 2.45) is 18.9 Å². The largest absolute Gasteiger partial charge is 0.457 e. The molecule has 2 aromatic carbocycles. The first-order chi connectivity index (χ1) is 24.7. The maximum atomic E-state index is 13.9. The number of carbonyl (C=O) groups is 1. The lowest BCUT2D eigenvalue weighted by Crippen LogP contribution is -2.39. The summed E-state index contributed by atoms with van der Waals surface area (Å²) < 4.78 is 88.4. The highest BCUT2D eigenvalue weighted by molar-refractivity contribution is 7.10. The summed E-state index contributed by atoms with van der Waals surface area (Å²) in [6.07, 6.45) is -4.74. The maximum Gasteiger partial charge on any atom is 0.435 e. The molecule has 3 aromatic heterocycles. The van der Waals surface area contributed by atoms with E-state index in [9.17, 15) is 36.2 Å². The lowest BCUT2D eigenvalue weighted by molar-refractivity contribution is -0.142. The van der Waals surface area contributed by atoms with Crippen LogP contribution in [0.15, 0.2) is 72.8 Å². The van der Waals surface area contributed by atoms with E-state index >= 15 is 0 Å². The predicted octanol–water partition coefficient (Wildman–Crippen LogP) is 10.2. The summed E-state index contributed by atoms with van der Waals surface area (Å²) in [4.78, 5) is 17.1. The van der Waals surface area contributed by atoms with E-state index in [2.05, 4.69) is 34.3 Å². The number of nitrogens with zero attached hydrogens (tertiary/aromatic N) is 5. The molecule has 53 heavy (non-hydrogen) atoms. The number of halogens is 7. The Kier molecular flexibility index (Phi) is 13.0. The zero-order valence-corrected chi connectivity index (χ0v) is 31.2. The molecule has 5 aromatic rings. The van der Waals surface area contributed by atoms with Gasteiger partial charge in [0.2, 0.25) is 0 Å². The predicted molar refractivity (Wildman–Crippen MR) is 190 cm³/mol. The van der Waals surface area contributed by atoms with Crippen molar-refractivity contribution in [3.8, 4) is 11.5 Å². The Morgan fingerprint density at radius 1 is 0.962 bits per heavy atom. The van der Waals surface area contributed by atoms with E-state index in [4.69, 9.17) is 16.3 Å². The maximum absolute atomic E-state index is 13.9. The van der Waals surface area contributed by atoms with Crippen LogP contribution >= 0.6 is 22.9 Å². The minimum Gasteiger partial charge on any atom is -0.457 e. The molecule has 17 heteroatoms. The zero-order valence-electron chi connectivity index (χ0n) is 29.6. The Labute approximate surface area is 311 Å². The number of nitrogens with one attached hydrogen (secondary N) is 1. The second-order valence-electron chi connectivity index (χ2n) is 13.2. The molecular weight excluding hydrogens is 746 g/mol. The number of benzene rings is 2. The number of aryl methyl sites for hydroxylation is 1. The second kappa shape index (κ2) is 16.7. The van der Waals surface area contributed by atoms with Gasteiger partial charge in [0.1, 0.15) is 29.8 Å². The molecule has 9 nitrogen and oxygen atoms in total. The van der Waals surface area contributed by atoms with Gasteiger partial charge in [0.15, 0.2) is 5.69 Å². The van der Waals surface area contributed by atoms with Crippen LogP contribution in [-0.2, 0) is 31.5 Å². The molecule has 0 aliphatic heterocycles. The lowest BCUT2D eigenvalue weighted by Gasteiger charge is -2.34. The quantitative estimate of drug-likeness (QED) is 0.129. The number of hydrogen-bond acceptors (Lipinski definition) is 7. The molecule has 3 heterocycles. The van der Waals surface area contributed by atoms with Crippen LogP contribution in [0.5, 0.6) is 11.5 Å². The highest BCUT2D eigenvalue weighted by atomic mass is 35.5. The average molecular weight is 785 g/mol. The van der Waals surface area contributed by atoms with Crippen LogP contribution in [0.4, 0.5) is 32.0 Å². The first-order valence-corrected chi connectivity index (χ1v) is 17.6. The number of anilines is 1. The summed E-state index contributed by atoms with van der Waals surface area (Å²) in [6, 6.07) is 11.5. The van der Waals surface area contributed by atoms with Crippen molar-refractivity contribution < 1.29 is 41.0 Å². The molecule has 0 fully saturated rings. The number of carbonyl (C=O) groups excluding carboxylic acids is 1. The van der Waals surface area contributed by atoms with Gasteiger partial charge in [-0.2, -0.15) is 36.5 Å². The van der Waals surface area contributed by atoms with Crippen LogP contribution in [0.3, 0.4) is 0 Å². The van der Waals surface area contributed by atoms with Crippen LogP contribution in [-0.4, -0.2) is 35.6 Å². The summed E-state index contributed by atoms with van der Waals surface area (Å²) in [6.45, 7) is 9.38. The molecule has 0 radical (unpaired) electrons. The minimum absolute atomic E-state index is 0.00439. The van der Waals surface area contributed by atoms with Gasteiger partial charge >= 0.3 is 12.4 Å². The van der Waals surface area contributed by atoms with E-state index in [-0.39, 0.29) is 23.8 Å². The van der Waals surface area contributed by atoms with Crippen LogP contribution in [0.25, 0.3) is 0 Å². The standard InChI is InChI=1S/C20H19ClF3N3O2.C16H20F3N3OS/c1-13(2)19(28,10-27-12-25-11-26-27)17-8-7-16(9-18(17)20(22,23)24)29-15-5-3-14(21)4-6-15;1-9(2)7-10(3)13-12(5-6-24-13)20-15(23)11-8-22(4)21-14(11)16(17,18)19/h3-9,11-13,28H,10H2,1-2H3;5-6,8-10H,7H2,1-4H3,(H,20,23). The van der Waals surface area contributed by atoms with E-state index < -0.39 is 46.6 Å². The summed E-state index contributed by atoms with van der Waals surface area (Å²) in [5.74, 6) is -0.285. The van der Waals surface area contributed by atoms with Crippen molar-refractivity contribution in [3.05, 3.63) is 105 Å². The highest BCUT2D eigenvalue weighted by Gasteiger charge is 2.43. The molecule has 2 atom stereocenters. The van der Waals surface area contributed by atoms with E-state index in [1.165, 1.54) is 47.9 Å². The fraction of sp³-hybridized carbons (Fsp3) is 0.389. The molecule has 286 valence electrons. The number of amides is 1. The normalized spacial score (nSPS) is 13.7. The van der Waals surface area contributed by atoms with E-state index in [1.807, 2.05) is 12.3 Å². The Bertz CT molecular complexity index is 1960. The van der Waals surface area contributed by atoms with Crippen molar-refractivity contribution in [3.63, 3.8) is 0 Å². The summed E-state index contributed by atoms with van der Waals surface area (Å²) in [7, 11) is 1.35. The molecular formula is C36H39ClF6N6O3S. The van der Waals surface area contributed by atoms with Crippen molar-refractivity contribution in [1.29, 1.82) is 0 Å². The third-order valence-corrected chi connectivity index (χ3v) is 9.60. The fourth-order valence-corrected chi connectivity index (χ4v) is 6.70. The number of rotatable bonds is 11. The summed E-state index contributed by atoms with van der Waals surface area (Å²) >= 11 is 7.31. The van der Waals surface area contributed by atoms with Gasteiger partial charge < -0.3 is 15.2 Å². The van der Waals surface area contributed by atoms with Gasteiger partial charge in [-0.05, 0) is 77.6 Å². The van der Waals surface area contributed by atoms with E-state index in [0.717, 1.165) is 28.2 Å². The van der Waals surface area contributed by atoms with Crippen LogP contribution < -0.4 is 10.1 Å². The smallest absolute Gasteiger partial charge is 0.435 e. The molecule has 5 rings (SSSR count). The van der Waals surface area contributed by atoms with Gasteiger partial charge in [0.25, 0.3) is 5.91 Å². The molecule has 1 amide bonds. The SMILES string of the molecule is CC(C)C(O)(Cn1cncn1)c1ccc(Oc2ccc(Cl)cc2)cc1C(F)(F)F.CC(C)CC(C)c1sccc1NC(=O)c1cn(C)nc1C(F)(F)F. The second-order valence-corrected chi connectivity index (χ2v) is 14.6. The summed E-state index contributed by atoms with van der Waals surface area (Å²) in [5, 5.41) is 23.4. The number of hydrogen-bond donors (Lipinski definition) is 2. The van der Waals surface area contributed by atoms with Crippen molar-refractivity contribution >= 4 is 34.5 Å². The Hall–Kier alpha value is -4.41. The first kappa shape index (κ1) is 41.3. The number of aliphatic hydroxyl groups is 1. The van der Waals surface area contributed by atoms with Gasteiger partial charge in [-0.1, -0.05) is 52.3 Å².